The smallest absolute Gasteiger partial charge is 0.161 e. The van der Waals surface area contributed by atoms with Gasteiger partial charge in [-0.3, -0.25) is 0 Å². The standard InChI is InChI=1S/C38H22N2S/c1-3-11-23(12-4-1)26-21-22-30(34-29-19-10-16-24-15-9-18-28(32(24)29)33(26)34)38-39-35(25-13-5-2-6-14-25)37-36(40-38)27-17-7-8-20-31(27)41-37/h1-22H. The van der Waals surface area contributed by atoms with Crippen LogP contribution in [-0.2, 0) is 0 Å². The molecule has 0 aliphatic heterocycles. The lowest BCUT2D eigenvalue weighted by Crippen LogP contribution is -1.96. The molecule has 1 aliphatic carbocycles. The molecule has 0 N–H and O–H groups in total. The van der Waals surface area contributed by atoms with Gasteiger partial charge in [-0.05, 0) is 50.7 Å². The first kappa shape index (κ1) is 22.7. The molecule has 41 heavy (non-hydrogen) atoms. The lowest BCUT2D eigenvalue weighted by molar-refractivity contribution is 1.24. The normalized spacial score (nSPS) is 11.9. The van der Waals surface area contributed by atoms with Gasteiger partial charge in [-0.25, -0.2) is 9.97 Å². The third kappa shape index (κ3) is 3.30. The first-order valence-corrected chi connectivity index (χ1v) is 14.7. The molecule has 0 fully saturated rings. The average molecular weight is 539 g/mol. The summed E-state index contributed by atoms with van der Waals surface area (Å²) in [6, 6.07) is 47.6. The molecule has 2 nitrogen and oxygen atoms in total. The Hall–Kier alpha value is -5.12. The Morgan fingerprint density at radius 1 is 0.463 bits per heavy atom. The van der Waals surface area contributed by atoms with Crippen molar-refractivity contribution in [1.29, 1.82) is 0 Å². The molecule has 0 amide bonds. The summed E-state index contributed by atoms with van der Waals surface area (Å²) in [5.74, 6) is 0.764. The Kier molecular flexibility index (Phi) is 4.80. The van der Waals surface area contributed by atoms with Crippen molar-refractivity contribution in [2.75, 3.05) is 0 Å². The van der Waals surface area contributed by atoms with E-state index in [4.69, 9.17) is 9.97 Å². The largest absolute Gasteiger partial charge is 0.226 e. The average Bonchev–Trinajstić information content (AvgIpc) is 3.59. The van der Waals surface area contributed by atoms with Crippen LogP contribution in [0.5, 0.6) is 0 Å². The van der Waals surface area contributed by atoms with E-state index < -0.39 is 0 Å². The molecule has 0 bridgehead atoms. The summed E-state index contributed by atoms with van der Waals surface area (Å²) in [6.07, 6.45) is 0. The number of hydrogen-bond donors (Lipinski definition) is 0. The van der Waals surface area contributed by atoms with Gasteiger partial charge in [0.05, 0.1) is 15.9 Å². The quantitative estimate of drug-likeness (QED) is 0.224. The van der Waals surface area contributed by atoms with Gasteiger partial charge < -0.3 is 0 Å². The van der Waals surface area contributed by atoms with Crippen LogP contribution in [0, 0.1) is 0 Å². The van der Waals surface area contributed by atoms with Crippen molar-refractivity contribution in [2.45, 2.75) is 0 Å². The highest BCUT2D eigenvalue weighted by molar-refractivity contribution is 7.26. The van der Waals surface area contributed by atoms with Crippen LogP contribution >= 0.6 is 11.3 Å². The van der Waals surface area contributed by atoms with E-state index in [0.29, 0.717) is 0 Å². The highest BCUT2D eigenvalue weighted by Crippen LogP contribution is 2.54. The molecule has 6 aromatic carbocycles. The minimum absolute atomic E-state index is 0.764. The fourth-order valence-electron chi connectivity index (χ4n) is 6.47. The number of thiophene rings is 1. The van der Waals surface area contributed by atoms with E-state index in [0.717, 1.165) is 32.9 Å². The van der Waals surface area contributed by atoms with Crippen LogP contribution in [0.4, 0.5) is 0 Å². The molecule has 2 aromatic heterocycles. The van der Waals surface area contributed by atoms with Gasteiger partial charge in [0.15, 0.2) is 5.82 Å². The molecule has 2 heterocycles. The molecule has 3 heteroatoms. The Balaban J connectivity index is 1.41. The summed E-state index contributed by atoms with van der Waals surface area (Å²) in [7, 11) is 0. The van der Waals surface area contributed by atoms with Crippen molar-refractivity contribution in [3.8, 4) is 56.0 Å². The molecule has 9 rings (SSSR count). The lowest BCUT2D eigenvalue weighted by Gasteiger charge is -2.15. The van der Waals surface area contributed by atoms with E-state index in [1.165, 1.54) is 54.2 Å². The van der Waals surface area contributed by atoms with Crippen LogP contribution in [0.2, 0.25) is 0 Å². The van der Waals surface area contributed by atoms with Gasteiger partial charge >= 0.3 is 0 Å². The molecule has 0 atom stereocenters. The second-order valence-electron chi connectivity index (χ2n) is 10.5. The third-order valence-electron chi connectivity index (χ3n) is 8.24. The lowest BCUT2D eigenvalue weighted by atomic mass is 9.90. The van der Waals surface area contributed by atoms with Gasteiger partial charge in [0.25, 0.3) is 0 Å². The van der Waals surface area contributed by atoms with Crippen molar-refractivity contribution in [1.82, 2.24) is 9.97 Å². The predicted molar refractivity (Wildman–Crippen MR) is 173 cm³/mol. The molecule has 1 aliphatic rings. The van der Waals surface area contributed by atoms with E-state index in [1.807, 2.05) is 0 Å². The SMILES string of the molecule is c1ccc(-c2ccc(-c3nc(-c4ccccc4)c4sc5ccccc5c4n3)c3c2-c2cccc4cccc-3c24)cc1. The Morgan fingerprint density at radius 2 is 1.10 bits per heavy atom. The van der Waals surface area contributed by atoms with Crippen LogP contribution < -0.4 is 0 Å². The summed E-state index contributed by atoms with van der Waals surface area (Å²) >= 11 is 1.77. The number of hydrogen-bond acceptors (Lipinski definition) is 3. The van der Waals surface area contributed by atoms with Crippen LogP contribution in [0.3, 0.4) is 0 Å². The van der Waals surface area contributed by atoms with Crippen LogP contribution in [-0.4, -0.2) is 9.97 Å². The predicted octanol–water partition coefficient (Wildman–Crippen LogP) is 10.6. The van der Waals surface area contributed by atoms with E-state index in [2.05, 4.69) is 133 Å². The molecule has 0 radical (unpaired) electrons. The van der Waals surface area contributed by atoms with E-state index in [9.17, 15) is 0 Å². The van der Waals surface area contributed by atoms with Gasteiger partial charge in [0, 0.05) is 26.8 Å². The zero-order valence-corrected chi connectivity index (χ0v) is 22.8. The summed E-state index contributed by atoms with van der Waals surface area (Å²) in [5.41, 5.74) is 11.6. The number of aromatic nitrogens is 2. The molecule has 0 saturated heterocycles. The fourth-order valence-corrected chi connectivity index (χ4v) is 7.62. The Morgan fingerprint density at radius 3 is 1.85 bits per heavy atom. The minimum Gasteiger partial charge on any atom is -0.226 e. The van der Waals surface area contributed by atoms with Crippen molar-refractivity contribution in [2.24, 2.45) is 0 Å². The van der Waals surface area contributed by atoms with Gasteiger partial charge in [-0.15, -0.1) is 11.3 Å². The molecule has 8 aromatic rings. The maximum Gasteiger partial charge on any atom is 0.161 e. The molecule has 0 unspecified atom stereocenters. The van der Waals surface area contributed by atoms with Crippen LogP contribution in [0.1, 0.15) is 0 Å². The first-order valence-electron chi connectivity index (χ1n) is 13.9. The zero-order valence-electron chi connectivity index (χ0n) is 22.0. The second kappa shape index (κ2) is 8.69. The fraction of sp³-hybridized carbons (Fsp3) is 0. The van der Waals surface area contributed by atoms with Gasteiger partial charge in [0.2, 0.25) is 0 Å². The Bertz CT molecular complexity index is 2290. The molecular weight excluding hydrogens is 516 g/mol. The summed E-state index contributed by atoms with van der Waals surface area (Å²) < 4.78 is 2.36. The minimum atomic E-state index is 0.764. The van der Waals surface area contributed by atoms with Crippen LogP contribution in [0.15, 0.2) is 133 Å². The number of benzene rings is 6. The van der Waals surface area contributed by atoms with Crippen molar-refractivity contribution in [3.05, 3.63) is 133 Å². The molecular formula is C38H22N2S. The van der Waals surface area contributed by atoms with Crippen molar-refractivity contribution < 1.29 is 0 Å². The summed E-state index contributed by atoms with van der Waals surface area (Å²) in [5, 5.41) is 3.74. The molecule has 0 spiro atoms. The maximum atomic E-state index is 5.34. The molecule has 190 valence electrons. The Labute approximate surface area is 241 Å². The van der Waals surface area contributed by atoms with Gasteiger partial charge in [-0.2, -0.15) is 0 Å². The maximum absolute atomic E-state index is 5.34. The van der Waals surface area contributed by atoms with Crippen LogP contribution in [0.25, 0.3) is 87.1 Å². The number of nitrogens with zero attached hydrogens (tertiary/aromatic N) is 2. The molecule has 0 saturated carbocycles. The van der Waals surface area contributed by atoms with Crippen molar-refractivity contribution in [3.63, 3.8) is 0 Å². The van der Waals surface area contributed by atoms with Crippen molar-refractivity contribution >= 4 is 42.4 Å². The van der Waals surface area contributed by atoms with Gasteiger partial charge in [0.1, 0.15) is 0 Å². The second-order valence-corrected chi connectivity index (χ2v) is 11.6. The zero-order chi connectivity index (χ0) is 26.9. The summed E-state index contributed by atoms with van der Waals surface area (Å²) in [6.45, 7) is 0. The highest BCUT2D eigenvalue weighted by atomic mass is 32.1. The van der Waals surface area contributed by atoms with E-state index in [-0.39, 0.29) is 0 Å². The summed E-state index contributed by atoms with van der Waals surface area (Å²) in [4.78, 5) is 10.7. The van der Waals surface area contributed by atoms with E-state index in [1.54, 1.807) is 11.3 Å². The monoisotopic (exact) mass is 538 g/mol. The number of rotatable bonds is 3. The number of fused-ring (bicyclic) bond motifs is 6. The first-order chi connectivity index (χ1) is 20.3. The highest BCUT2D eigenvalue weighted by Gasteiger charge is 2.29. The third-order valence-corrected chi connectivity index (χ3v) is 9.41. The van der Waals surface area contributed by atoms with Gasteiger partial charge in [-0.1, -0.05) is 121 Å². The topological polar surface area (TPSA) is 25.8 Å². The van der Waals surface area contributed by atoms with E-state index >= 15 is 0 Å².